The fourth-order valence-corrected chi connectivity index (χ4v) is 1.27. The zero-order valence-electron chi connectivity index (χ0n) is 9.06. The van der Waals surface area contributed by atoms with E-state index in [-0.39, 0.29) is 25.5 Å². The summed E-state index contributed by atoms with van der Waals surface area (Å²) in [7, 11) is 0. The fraction of sp³-hybridized carbons (Fsp3) is 0.400. The fourth-order valence-electron chi connectivity index (χ4n) is 1.27. The molecule has 1 aromatic rings. The second kappa shape index (κ2) is 6.77. The van der Waals surface area contributed by atoms with Crippen molar-refractivity contribution >= 4 is 11.4 Å². The second-order valence-corrected chi connectivity index (χ2v) is 3.16. The Labute approximate surface area is 97.2 Å². The molecule has 1 rings (SSSR count). The predicted molar refractivity (Wildman–Crippen MR) is 59.4 cm³/mol. The highest BCUT2D eigenvalue weighted by atomic mass is 19.1. The van der Waals surface area contributed by atoms with Crippen LogP contribution in [0.5, 0.6) is 0 Å². The summed E-state index contributed by atoms with van der Waals surface area (Å²) in [6.45, 7) is 0.686. The van der Waals surface area contributed by atoms with E-state index in [2.05, 4.69) is 5.32 Å². The quantitative estimate of drug-likeness (QED) is 0.427. The van der Waals surface area contributed by atoms with Crippen molar-refractivity contribution in [1.82, 2.24) is 0 Å². The largest absolute Gasteiger partial charge is 0.394 e. The lowest BCUT2D eigenvalue weighted by Crippen LogP contribution is -2.12. The summed E-state index contributed by atoms with van der Waals surface area (Å²) in [5.41, 5.74) is -0.461. The van der Waals surface area contributed by atoms with Crippen molar-refractivity contribution in [3.8, 4) is 0 Å². The van der Waals surface area contributed by atoms with Crippen LogP contribution in [0.15, 0.2) is 18.2 Å². The summed E-state index contributed by atoms with van der Waals surface area (Å²) >= 11 is 0. The van der Waals surface area contributed by atoms with Crippen LogP contribution in [-0.4, -0.2) is 36.4 Å². The maximum atomic E-state index is 13.2. The first kappa shape index (κ1) is 13.3. The number of nitro benzene ring substituents is 1. The third kappa shape index (κ3) is 3.97. The molecule has 0 radical (unpaired) electrons. The molecule has 0 aromatic heterocycles. The predicted octanol–water partition coefficient (Wildman–Crippen LogP) is 1.15. The SMILES string of the molecule is O=[N+]([O-])c1c(F)cccc1NCCOCCO. The summed E-state index contributed by atoms with van der Waals surface area (Å²) < 4.78 is 18.1. The number of halogens is 1. The molecule has 0 spiro atoms. The van der Waals surface area contributed by atoms with E-state index < -0.39 is 16.4 Å². The number of nitrogens with zero attached hydrogens (tertiary/aromatic N) is 1. The van der Waals surface area contributed by atoms with E-state index in [1.807, 2.05) is 0 Å². The molecule has 7 heteroatoms. The first-order valence-corrected chi connectivity index (χ1v) is 5.02. The molecule has 2 N–H and O–H groups in total. The number of hydrogen-bond donors (Lipinski definition) is 2. The zero-order chi connectivity index (χ0) is 12.7. The average molecular weight is 244 g/mol. The number of nitro groups is 1. The van der Waals surface area contributed by atoms with Crippen molar-refractivity contribution < 1.29 is 19.2 Å². The van der Waals surface area contributed by atoms with Crippen LogP contribution in [0.3, 0.4) is 0 Å². The van der Waals surface area contributed by atoms with E-state index in [0.717, 1.165) is 6.07 Å². The van der Waals surface area contributed by atoms with Crippen LogP contribution in [0.4, 0.5) is 15.8 Å². The van der Waals surface area contributed by atoms with E-state index in [9.17, 15) is 14.5 Å². The highest BCUT2D eigenvalue weighted by molar-refractivity contribution is 5.61. The van der Waals surface area contributed by atoms with Gasteiger partial charge in [0, 0.05) is 6.54 Å². The number of hydrogen-bond acceptors (Lipinski definition) is 5. The molecule has 0 bridgehead atoms. The molecule has 0 unspecified atom stereocenters. The number of anilines is 1. The molecule has 0 atom stereocenters. The monoisotopic (exact) mass is 244 g/mol. The molecule has 0 saturated carbocycles. The smallest absolute Gasteiger partial charge is 0.327 e. The third-order valence-electron chi connectivity index (χ3n) is 1.97. The standard InChI is InChI=1S/C10H13FN2O4/c11-8-2-1-3-9(10(8)13(15)16)12-4-6-17-7-5-14/h1-3,12,14H,4-7H2. The summed E-state index contributed by atoms with van der Waals surface area (Å²) in [5.74, 6) is -0.878. The molecule has 0 fully saturated rings. The van der Waals surface area contributed by atoms with Crippen LogP contribution in [0.2, 0.25) is 0 Å². The van der Waals surface area contributed by atoms with Crippen LogP contribution >= 0.6 is 0 Å². The Morgan fingerprint density at radius 2 is 2.24 bits per heavy atom. The van der Waals surface area contributed by atoms with Gasteiger partial charge in [-0.05, 0) is 12.1 Å². The van der Waals surface area contributed by atoms with Gasteiger partial charge < -0.3 is 15.2 Å². The molecule has 0 aliphatic heterocycles. The van der Waals surface area contributed by atoms with E-state index in [1.165, 1.54) is 12.1 Å². The van der Waals surface area contributed by atoms with Crippen molar-refractivity contribution in [1.29, 1.82) is 0 Å². The van der Waals surface area contributed by atoms with Gasteiger partial charge in [-0.15, -0.1) is 0 Å². The summed E-state index contributed by atoms with van der Waals surface area (Å²) in [6, 6.07) is 3.85. The Hall–Kier alpha value is -1.73. The number of ether oxygens (including phenoxy) is 1. The van der Waals surface area contributed by atoms with E-state index in [0.29, 0.717) is 6.54 Å². The van der Waals surface area contributed by atoms with Gasteiger partial charge in [0.2, 0.25) is 5.82 Å². The van der Waals surface area contributed by atoms with Gasteiger partial charge in [-0.2, -0.15) is 4.39 Å². The molecule has 0 amide bonds. The Balaban J connectivity index is 2.58. The van der Waals surface area contributed by atoms with Crippen molar-refractivity contribution in [2.45, 2.75) is 0 Å². The van der Waals surface area contributed by atoms with Gasteiger partial charge in [-0.1, -0.05) is 6.07 Å². The van der Waals surface area contributed by atoms with Gasteiger partial charge in [-0.25, -0.2) is 0 Å². The molecule has 0 heterocycles. The van der Waals surface area contributed by atoms with Crippen LogP contribution < -0.4 is 5.32 Å². The average Bonchev–Trinajstić information content (AvgIpc) is 2.28. The minimum atomic E-state index is -0.878. The highest BCUT2D eigenvalue weighted by Gasteiger charge is 2.18. The molecule has 6 nitrogen and oxygen atoms in total. The lowest BCUT2D eigenvalue weighted by Gasteiger charge is -2.07. The molecule has 0 aliphatic rings. The van der Waals surface area contributed by atoms with Crippen molar-refractivity contribution in [2.24, 2.45) is 0 Å². The Bertz CT molecular complexity index is 387. The topological polar surface area (TPSA) is 84.6 Å². The van der Waals surface area contributed by atoms with Crippen molar-refractivity contribution in [3.63, 3.8) is 0 Å². The van der Waals surface area contributed by atoms with Gasteiger partial charge in [0.05, 0.1) is 24.7 Å². The summed E-state index contributed by atoms with van der Waals surface area (Å²) in [4.78, 5) is 9.87. The molecular weight excluding hydrogens is 231 g/mol. The Kier molecular flexibility index (Phi) is 5.31. The van der Waals surface area contributed by atoms with Gasteiger partial charge in [0.1, 0.15) is 5.69 Å². The van der Waals surface area contributed by atoms with Crippen molar-refractivity contribution in [2.75, 3.05) is 31.7 Å². The molecule has 1 aromatic carbocycles. The van der Waals surface area contributed by atoms with Gasteiger partial charge >= 0.3 is 5.69 Å². The first-order chi connectivity index (χ1) is 8.16. The number of aliphatic hydroxyl groups is 1. The second-order valence-electron chi connectivity index (χ2n) is 3.16. The summed E-state index contributed by atoms with van der Waals surface area (Å²) in [6.07, 6.45) is 0. The van der Waals surface area contributed by atoms with Crippen LogP contribution in [0, 0.1) is 15.9 Å². The molecular formula is C10H13FN2O4. The lowest BCUT2D eigenvalue weighted by molar-refractivity contribution is -0.386. The number of rotatable bonds is 7. The van der Waals surface area contributed by atoms with E-state index in [4.69, 9.17) is 9.84 Å². The first-order valence-electron chi connectivity index (χ1n) is 5.02. The molecule has 0 saturated heterocycles. The van der Waals surface area contributed by atoms with Crippen LogP contribution in [-0.2, 0) is 4.74 Å². The minimum Gasteiger partial charge on any atom is -0.394 e. The lowest BCUT2D eigenvalue weighted by atomic mass is 10.2. The van der Waals surface area contributed by atoms with Crippen molar-refractivity contribution in [3.05, 3.63) is 34.1 Å². The van der Waals surface area contributed by atoms with Gasteiger partial charge in [0.25, 0.3) is 0 Å². The van der Waals surface area contributed by atoms with E-state index in [1.54, 1.807) is 0 Å². The zero-order valence-corrected chi connectivity index (χ0v) is 9.06. The maximum Gasteiger partial charge on any atom is 0.327 e. The molecule has 17 heavy (non-hydrogen) atoms. The number of benzene rings is 1. The molecule has 94 valence electrons. The maximum absolute atomic E-state index is 13.2. The number of para-hydroxylation sites is 1. The third-order valence-corrected chi connectivity index (χ3v) is 1.97. The molecule has 0 aliphatic carbocycles. The van der Waals surface area contributed by atoms with Crippen LogP contribution in [0.1, 0.15) is 0 Å². The minimum absolute atomic E-state index is 0.0832. The summed E-state index contributed by atoms with van der Waals surface area (Å²) in [5, 5.41) is 21.8. The van der Waals surface area contributed by atoms with Gasteiger partial charge in [-0.3, -0.25) is 10.1 Å². The number of aliphatic hydroxyl groups excluding tert-OH is 1. The van der Waals surface area contributed by atoms with Gasteiger partial charge in [0.15, 0.2) is 0 Å². The number of nitrogens with one attached hydrogen (secondary N) is 1. The Morgan fingerprint density at radius 1 is 1.47 bits per heavy atom. The normalized spacial score (nSPS) is 10.2. The Morgan fingerprint density at radius 3 is 2.88 bits per heavy atom. The van der Waals surface area contributed by atoms with E-state index >= 15 is 0 Å². The van der Waals surface area contributed by atoms with Crippen LogP contribution in [0.25, 0.3) is 0 Å². The highest BCUT2D eigenvalue weighted by Crippen LogP contribution is 2.26.